The van der Waals surface area contributed by atoms with E-state index in [1.165, 1.54) is 0 Å². The van der Waals surface area contributed by atoms with Gasteiger partial charge in [-0.3, -0.25) is 0 Å². The van der Waals surface area contributed by atoms with E-state index in [-0.39, 0.29) is 5.76 Å². The zero-order valence-electron chi connectivity index (χ0n) is 9.45. The standard InChI is InChI=1S/C16H14O/c17-16-12-6-10-14-8-4-2-1-3-5-9-15(14)11-7-13-16/h1-13,17H. The van der Waals surface area contributed by atoms with Crippen LogP contribution >= 0.6 is 0 Å². The van der Waals surface area contributed by atoms with Gasteiger partial charge < -0.3 is 5.11 Å². The summed E-state index contributed by atoms with van der Waals surface area (Å²) >= 11 is 0. The van der Waals surface area contributed by atoms with Crippen molar-refractivity contribution in [1.29, 1.82) is 0 Å². The Morgan fingerprint density at radius 1 is 0.529 bits per heavy atom. The molecule has 1 N–H and O–H groups in total. The van der Waals surface area contributed by atoms with E-state index in [1.807, 2.05) is 66.8 Å². The van der Waals surface area contributed by atoms with Crippen LogP contribution in [-0.2, 0) is 0 Å². The van der Waals surface area contributed by atoms with Gasteiger partial charge in [-0.2, -0.15) is 0 Å². The van der Waals surface area contributed by atoms with Crippen molar-refractivity contribution in [2.45, 2.75) is 0 Å². The molecule has 0 amide bonds. The summed E-state index contributed by atoms with van der Waals surface area (Å²) in [6, 6.07) is 0. The van der Waals surface area contributed by atoms with E-state index >= 15 is 0 Å². The summed E-state index contributed by atoms with van der Waals surface area (Å²) in [4.78, 5) is 0. The predicted molar refractivity (Wildman–Crippen MR) is 72.6 cm³/mol. The summed E-state index contributed by atoms with van der Waals surface area (Å²) in [5, 5.41) is 9.46. The molecule has 0 aliphatic heterocycles. The first kappa shape index (κ1) is 11.2. The van der Waals surface area contributed by atoms with Gasteiger partial charge in [-0.15, -0.1) is 0 Å². The van der Waals surface area contributed by atoms with Crippen LogP contribution in [0.3, 0.4) is 0 Å². The molecule has 17 heavy (non-hydrogen) atoms. The normalized spacial score (nSPS) is 18.7. The number of aliphatic hydroxyl groups is 1. The Balaban J connectivity index is 2.47. The molecule has 1 nitrogen and oxygen atoms in total. The molecule has 0 fully saturated rings. The average molecular weight is 222 g/mol. The summed E-state index contributed by atoms with van der Waals surface area (Å²) in [5.41, 5.74) is 2.22. The van der Waals surface area contributed by atoms with E-state index in [2.05, 4.69) is 0 Å². The highest BCUT2D eigenvalue weighted by Crippen LogP contribution is 2.16. The topological polar surface area (TPSA) is 20.2 Å². The van der Waals surface area contributed by atoms with Crippen LogP contribution in [0.15, 0.2) is 95.9 Å². The van der Waals surface area contributed by atoms with Crippen LogP contribution in [-0.4, -0.2) is 5.11 Å². The molecule has 0 bridgehead atoms. The molecule has 0 atom stereocenters. The lowest BCUT2D eigenvalue weighted by Crippen LogP contribution is -1.82. The maximum absolute atomic E-state index is 9.46. The average Bonchev–Trinajstić information content (AvgIpc) is 2.46. The first-order valence-corrected chi connectivity index (χ1v) is 5.54. The number of hydrogen-bond donors (Lipinski definition) is 1. The van der Waals surface area contributed by atoms with E-state index in [0.29, 0.717) is 0 Å². The lowest BCUT2D eigenvalue weighted by atomic mass is 10.0. The Morgan fingerprint density at radius 2 is 1.12 bits per heavy atom. The van der Waals surface area contributed by atoms with E-state index < -0.39 is 0 Å². The van der Waals surface area contributed by atoms with Crippen molar-refractivity contribution in [1.82, 2.24) is 0 Å². The molecule has 2 aliphatic carbocycles. The molecule has 0 unspecified atom stereocenters. The van der Waals surface area contributed by atoms with Crippen molar-refractivity contribution in [2.75, 3.05) is 0 Å². The zero-order valence-corrected chi connectivity index (χ0v) is 9.45. The molecule has 2 rings (SSSR count). The van der Waals surface area contributed by atoms with Gasteiger partial charge in [0.05, 0.1) is 0 Å². The Kier molecular flexibility index (Phi) is 3.77. The van der Waals surface area contributed by atoms with Crippen LogP contribution in [0, 0.1) is 0 Å². The van der Waals surface area contributed by atoms with Gasteiger partial charge >= 0.3 is 0 Å². The largest absolute Gasteiger partial charge is 0.508 e. The maximum atomic E-state index is 9.46. The Labute approximate surface area is 101 Å². The minimum Gasteiger partial charge on any atom is -0.508 e. The van der Waals surface area contributed by atoms with Crippen molar-refractivity contribution in [2.24, 2.45) is 0 Å². The van der Waals surface area contributed by atoms with E-state index in [4.69, 9.17) is 0 Å². The number of rotatable bonds is 0. The Hall–Kier alpha value is -2.28. The molecule has 84 valence electrons. The third kappa shape index (κ3) is 3.35. The second kappa shape index (κ2) is 5.71. The molecular formula is C16H14O. The molecule has 0 aromatic rings. The fraction of sp³-hybridized carbons (Fsp3) is 0. The van der Waals surface area contributed by atoms with Crippen molar-refractivity contribution >= 4 is 0 Å². The van der Waals surface area contributed by atoms with Crippen molar-refractivity contribution in [3.05, 3.63) is 95.9 Å². The number of aliphatic hydroxyl groups excluding tert-OH is 1. The van der Waals surface area contributed by atoms with E-state index in [1.54, 1.807) is 12.2 Å². The van der Waals surface area contributed by atoms with Crippen LogP contribution in [0.25, 0.3) is 0 Å². The van der Waals surface area contributed by atoms with Gasteiger partial charge in [-0.25, -0.2) is 0 Å². The zero-order chi connectivity index (χ0) is 11.9. The second-order valence-corrected chi connectivity index (χ2v) is 3.68. The SMILES string of the molecule is OC1=CC=CC2=CC=CC=CC=CC2=CC=C1. The highest BCUT2D eigenvalue weighted by molar-refractivity contribution is 5.52. The smallest absolute Gasteiger partial charge is 0.115 e. The molecule has 0 aromatic heterocycles. The van der Waals surface area contributed by atoms with Crippen molar-refractivity contribution in [3.8, 4) is 0 Å². The Bertz CT molecular complexity index is 518. The van der Waals surface area contributed by atoms with Crippen LogP contribution in [0.5, 0.6) is 0 Å². The Morgan fingerprint density at radius 3 is 2.00 bits per heavy atom. The van der Waals surface area contributed by atoms with Gasteiger partial charge in [0, 0.05) is 0 Å². The fourth-order valence-electron chi connectivity index (χ4n) is 1.56. The molecule has 0 radical (unpaired) electrons. The van der Waals surface area contributed by atoms with Gasteiger partial charge in [-0.05, 0) is 23.3 Å². The van der Waals surface area contributed by atoms with Gasteiger partial charge in [0.15, 0.2) is 0 Å². The lowest BCUT2D eigenvalue weighted by Gasteiger charge is -2.01. The summed E-state index contributed by atoms with van der Waals surface area (Å²) < 4.78 is 0. The summed E-state index contributed by atoms with van der Waals surface area (Å²) in [6.07, 6.45) is 25.1. The number of hydrogen-bond acceptors (Lipinski definition) is 1. The van der Waals surface area contributed by atoms with Gasteiger partial charge in [-0.1, -0.05) is 66.8 Å². The minimum absolute atomic E-state index is 0.254. The number of fused-ring (bicyclic) bond motifs is 1. The molecule has 0 spiro atoms. The summed E-state index contributed by atoms with van der Waals surface area (Å²) in [7, 11) is 0. The predicted octanol–water partition coefficient (Wildman–Crippen LogP) is 4.09. The lowest BCUT2D eigenvalue weighted by molar-refractivity contribution is 0.432. The molecule has 1 heteroatoms. The monoisotopic (exact) mass is 222 g/mol. The van der Waals surface area contributed by atoms with Gasteiger partial charge in [0.1, 0.15) is 5.76 Å². The van der Waals surface area contributed by atoms with E-state index in [0.717, 1.165) is 11.1 Å². The van der Waals surface area contributed by atoms with Crippen LogP contribution in [0.1, 0.15) is 0 Å². The summed E-state index contributed by atoms with van der Waals surface area (Å²) in [5.74, 6) is 0.254. The van der Waals surface area contributed by atoms with Crippen LogP contribution in [0.2, 0.25) is 0 Å². The molecule has 0 saturated carbocycles. The maximum Gasteiger partial charge on any atom is 0.115 e. The first-order chi connectivity index (χ1) is 8.36. The van der Waals surface area contributed by atoms with Gasteiger partial charge in [0.25, 0.3) is 0 Å². The molecule has 0 saturated heterocycles. The highest BCUT2D eigenvalue weighted by atomic mass is 16.3. The molecule has 0 aromatic carbocycles. The summed E-state index contributed by atoms with van der Waals surface area (Å²) in [6.45, 7) is 0. The minimum atomic E-state index is 0.254. The van der Waals surface area contributed by atoms with Crippen LogP contribution in [0.4, 0.5) is 0 Å². The fourth-order valence-corrected chi connectivity index (χ4v) is 1.56. The number of allylic oxidation sites excluding steroid dienone is 15. The third-order valence-corrected chi connectivity index (χ3v) is 2.41. The third-order valence-electron chi connectivity index (χ3n) is 2.41. The molecule has 0 heterocycles. The van der Waals surface area contributed by atoms with Crippen molar-refractivity contribution in [3.63, 3.8) is 0 Å². The molecule has 2 aliphatic rings. The van der Waals surface area contributed by atoms with Crippen molar-refractivity contribution < 1.29 is 5.11 Å². The second-order valence-electron chi connectivity index (χ2n) is 3.68. The van der Waals surface area contributed by atoms with Gasteiger partial charge in [0.2, 0.25) is 0 Å². The highest BCUT2D eigenvalue weighted by Gasteiger charge is 1.98. The first-order valence-electron chi connectivity index (χ1n) is 5.54. The van der Waals surface area contributed by atoms with Crippen LogP contribution < -0.4 is 0 Å². The quantitative estimate of drug-likeness (QED) is 0.654. The van der Waals surface area contributed by atoms with E-state index in [9.17, 15) is 5.11 Å². The molecular weight excluding hydrogens is 208 g/mol.